The van der Waals surface area contributed by atoms with Gasteiger partial charge in [-0.3, -0.25) is 0 Å². The summed E-state index contributed by atoms with van der Waals surface area (Å²) in [5.41, 5.74) is 6.09. The molecular formula is C38H52. The van der Waals surface area contributed by atoms with Crippen molar-refractivity contribution in [2.45, 2.75) is 107 Å². The van der Waals surface area contributed by atoms with Crippen LogP contribution < -0.4 is 0 Å². The van der Waals surface area contributed by atoms with Crippen molar-refractivity contribution in [3.63, 3.8) is 0 Å². The SMILES string of the molecule is CC(C)CCc1ccc(CCC(C)C)c2cc3cc4c(CCC(C)C)ccc(CCC(C)C)c4cc3cc12. The van der Waals surface area contributed by atoms with Crippen molar-refractivity contribution in [1.29, 1.82) is 0 Å². The molecule has 0 spiro atoms. The fraction of sp³-hybridized carbons (Fsp3) is 0.526. The van der Waals surface area contributed by atoms with E-state index in [2.05, 4.69) is 104 Å². The molecule has 204 valence electrons. The first kappa shape index (κ1) is 28.7. The van der Waals surface area contributed by atoms with E-state index in [4.69, 9.17) is 0 Å². The van der Waals surface area contributed by atoms with Crippen molar-refractivity contribution in [2.24, 2.45) is 23.7 Å². The van der Waals surface area contributed by atoms with Gasteiger partial charge in [0.05, 0.1) is 0 Å². The molecule has 0 unspecified atom stereocenters. The van der Waals surface area contributed by atoms with Crippen LogP contribution in [0.5, 0.6) is 0 Å². The Morgan fingerprint density at radius 2 is 0.579 bits per heavy atom. The van der Waals surface area contributed by atoms with Crippen molar-refractivity contribution in [3.8, 4) is 0 Å². The summed E-state index contributed by atoms with van der Waals surface area (Å²) in [7, 11) is 0. The van der Waals surface area contributed by atoms with Gasteiger partial charge in [0, 0.05) is 0 Å². The number of fused-ring (bicyclic) bond motifs is 3. The Labute approximate surface area is 233 Å². The van der Waals surface area contributed by atoms with Gasteiger partial charge in [-0.15, -0.1) is 0 Å². The molecule has 0 fully saturated rings. The molecule has 38 heavy (non-hydrogen) atoms. The summed E-state index contributed by atoms with van der Waals surface area (Å²) in [6.45, 7) is 18.7. The number of rotatable bonds is 12. The van der Waals surface area contributed by atoms with Crippen molar-refractivity contribution in [1.82, 2.24) is 0 Å². The van der Waals surface area contributed by atoms with Crippen LogP contribution in [0.2, 0.25) is 0 Å². The highest BCUT2D eigenvalue weighted by Crippen LogP contribution is 2.35. The first-order valence-corrected chi connectivity index (χ1v) is 15.5. The van der Waals surface area contributed by atoms with Gasteiger partial charge in [-0.05, 0) is 154 Å². The Hall–Kier alpha value is -2.34. The van der Waals surface area contributed by atoms with Crippen molar-refractivity contribution in [3.05, 3.63) is 70.8 Å². The predicted octanol–water partition coefficient (Wildman–Crippen LogP) is 11.5. The zero-order valence-corrected chi connectivity index (χ0v) is 25.6. The minimum atomic E-state index is 0.725. The molecule has 0 aromatic heterocycles. The van der Waals surface area contributed by atoms with Gasteiger partial charge in [-0.2, -0.15) is 0 Å². The first-order valence-electron chi connectivity index (χ1n) is 15.5. The van der Waals surface area contributed by atoms with Crippen molar-refractivity contribution >= 4 is 32.3 Å². The molecule has 4 aromatic rings. The molecule has 0 radical (unpaired) electrons. The van der Waals surface area contributed by atoms with Gasteiger partial charge >= 0.3 is 0 Å². The zero-order valence-electron chi connectivity index (χ0n) is 25.6. The minimum absolute atomic E-state index is 0.725. The molecule has 0 aliphatic heterocycles. The van der Waals surface area contributed by atoms with Crippen LogP contribution in [0.4, 0.5) is 0 Å². The van der Waals surface area contributed by atoms with Crippen LogP contribution in [-0.2, 0) is 25.7 Å². The number of hydrogen-bond acceptors (Lipinski definition) is 0. The standard InChI is InChI=1S/C38H52/c1-25(2)9-13-29-17-18-30(14-10-26(3)4)36-22-34-24-38-32(16-12-28(7)8)20-19-31(15-11-27(5)6)37(38)23-33(34)21-35(29)36/h17-28H,9-16H2,1-8H3. The number of aryl methyl sites for hydroxylation is 4. The van der Waals surface area contributed by atoms with Crippen molar-refractivity contribution < 1.29 is 0 Å². The lowest BCUT2D eigenvalue weighted by Gasteiger charge is -2.17. The highest BCUT2D eigenvalue weighted by Gasteiger charge is 2.13. The summed E-state index contributed by atoms with van der Waals surface area (Å²) in [6.07, 6.45) is 9.63. The third-order valence-corrected chi connectivity index (χ3v) is 8.43. The summed E-state index contributed by atoms with van der Waals surface area (Å²) in [5, 5.41) is 8.75. The van der Waals surface area contributed by atoms with Gasteiger partial charge in [0.1, 0.15) is 0 Å². The third-order valence-electron chi connectivity index (χ3n) is 8.43. The Balaban J connectivity index is 1.93. The molecule has 0 nitrogen and oxygen atoms in total. The molecule has 0 aliphatic rings. The van der Waals surface area contributed by atoms with Crippen LogP contribution in [0.3, 0.4) is 0 Å². The maximum absolute atomic E-state index is 2.53. The highest BCUT2D eigenvalue weighted by atomic mass is 14.2. The molecule has 0 amide bonds. The molecule has 0 atom stereocenters. The molecule has 0 aliphatic carbocycles. The van der Waals surface area contributed by atoms with Crippen LogP contribution in [0.1, 0.15) is 103 Å². The Bertz CT molecular complexity index is 1160. The largest absolute Gasteiger partial charge is 0.0628 e. The molecule has 0 saturated carbocycles. The molecule has 0 heterocycles. The normalized spacial score (nSPS) is 12.4. The first-order chi connectivity index (χ1) is 18.1. The summed E-state index contributed by atoms with van der Waals surface area (Å²) < 4.78 is 0. The lowest BCUT2D eigenvalue weighted by atomic mass is 9.87. The quantitative estimate of drug-likeness (QED) is 0.167. The Morgan fingerprint density at radius 1 is 0.368 bits per heavy atom. The maximum Gasteiger partial charge on any atom is -0.0143 e. The van der Waals surface area contributed by atoms with Gasteiger partial charge in [-0.25, -0.2) is 0 Å². The fourth-order valence-corrected chi connectivity index (χ4v) is 5.82. The lowest BCUT2D eigenvalue weighted by Crippen LogP contribution is -1.99. The molecule has 0 bridgehead atoms. The van der Waals surface area contributed by atoms with Crippen LogP contribution in [0.25, 0.3) is 32.3 Å². The van der Waals surface area contributed by atoms with E-state index in [9.17, 15) is 0 Å². The second-order valence-corrected chi connectivity index (χ2v) is 13.6. The van der Waals surface area contributed by atoms with Gasteiger partial charge in [0.15, 0.2) is 0 Å². The minimum Gasteiger partial charge on any atom is -0.0628 e. The van der Waals surface area contributed by atoms with Crippen LogP contribution in [0, 0.1) is 23.7 Å². The van der Waals surface area contributed by atoms with Gasteiger partial charge in [-0.1, -0.05) is 79.7 Å². The summed E-state index contributed by atoms with van der Waals surface area (Å²) in [4.78, 5) is 0. The lowest BCUT2D eigenvalue weighted by molar-refractivity contribution is 0.585. The third kappa shape index (κ3) is 6.99. The summed E-state index contributed by atoms with van der Waals surface area (Å²) in [6, 6.07) is 19.9. The highest BCUT2D eigenvalue weighted by molar-refractivity contribution is 6.07. The average Bonchev–Trinajstić information content (AvgIpc) is 2.86. The van der Waals surface area contributed by atoms with E-state index in [0.717, 1.165) is 49.4 Å². The van der Waals surface area contributed by atoms with Crippen LogP contribution in [-0.4, -0.2) is 0 Å². The van der Waals surface area contributed by atoms with E-state index >= 15 is 0 Å². The van der Waals surface area contributed by atoms with Crippen LogP contribution in [0.15, 0.2) is 48.5 Å². The summed E-state index contributed by atoms with van der Waals surface area (Å²) in [5.74, 6) is 2.90. The van der Waals surface area contributed by atoms with Gasteiger partial charge in [0.2, 0.25) is 0 Å². The van der Waals surface area contributed by atoms with Gasteiger partial charge in [0.25, 0.3) is 0 Å². The number of benzene rings is 4. The Morgan fingerprint density at radius 3 is 0.763 bits per heavy atom. The molecule has 4 rings (SSSR count). The molecule has 0 heteroatoms. The van der Waals surface area contributed by atoms with E-state index in [-0.39, 0.29) is 0 Å². The predicted molar refractivity (Wildman–Crippen MR) is 172 cm³/mol. The van der Waals surface area contributed by atoms with Crippen LogP contribution >= 0.6 is 0 Å². The molecule has 0 N–H and O–H groups in total. The molecular weight excluding hydrogens is 456 g/mol. The Kier molecular flexibility index (Phi) is 9.56. The molecule has 4 aromatic carbocycles. The van der Waals surface area contributed by atoms with Crippen molar-refractivity contribution in [2.75, 3.05) is 0 Å². The monoisotopic (exact) mass is 508 g/mol. The number of hydrogen-bond donors (Lipinski definition) is 0. The molecule has 0 saturated heterocycles. The second-order valence-electron chi connectivity index (χ2n) is 13.6. The fourth-order valence-electron chi connectivity index (χ4n) is 5.82. The second kappa shape index (κ2) is 12.7. The van der Waals surface area contributed by atoms with E-state index < -0.39 is 0 Å². The van der Waals surface area contributed by atoms with Gasteiger partial charge < -0.3 is 0 Å². The van der Waals surface area contributed by atoms with E-state index in [1.54, 1.807) is 0 Å². The maximum atomic E-state index is 2.53. The van der Waals surface area contributed by atoms with E-state index in [1.165, 1.54) is 80.3 Å². The topological polar surface area (TPSA) is 0 Å². The average molecular weight is 509 g/mol. The van der Waals surface area contributed by atoms with E-state index in [1.807, 2.05) is 0 Å². The summed E-state index contributed by atoms with van der Waals surface area (Å²) >= 11 is 0. The van der Waals surface area contributed by atoms with E-state index in [0.29, 0.717) is 0 Å². The smallest absolute Gasteiger partial charge is 0.0143 e. The zero-order chi connectivity index (χ0) is 27.4.